The monoisotopic (exact) mass is 302 g/mol. The Bertz CT molecular complexity index is 438. The Kier molecular flexibility index (Phi) is 7.30. The minimum atomic E-state index is -0.279. The Morgan fingerprint density at radius 1 is 1.11 bits per heavy atom. The molecule has 0 unspecified atom stereocenters. The molecule has 2 N–H and O–H groups in total. The zero-order valence-electron chi connectivity index (χ0n) is 10.4. The first kappa shape index (κ1) is 15.8. The summed E-state index contributed by atoms with van der Waals surface area (Å²) >= 11 is 11.4. The van der Waals surface area contributed by atoms with Crippen molar-refractivity contribution < 1.29 is 9.59 Å². The molecule has 4 nitrogen and oxygen atoms in total. The molecule has 0 saturated carbocycles. The predicted octanol–water partition coefficient (Wildman–Crippen LogP) is 2.21. The maximum Gasteiger partial charge on any atom is 0.252 e. The Morgan fingerprint density at radius 2 is 1.84 bits per heavy atom. The maximum atomic E-state index is 11.8. The average molecular weight is 303 g/mol. The first-order valence-electron chi connectivity index (χ1n) is 6.00. The first-order chi connectivity index (χ1) is 9.15. The van der Waals surface area contributed by atoms with Gasteiger partial charge in [-0.3, -0.25) is 9.59 Å². The Balaban J connectivity index is 2.28. The molecule has 0 aliphatic carbocycles. The van der Waals surface area contributed by atoms with Crippen LogP contribution in [0.1, 0.15) is 23.2 Å². The number of amides is 2. The average Bonchev–Trinajstić information content (AvgIpc) is 2.39. The largest absolute Gasteiger partial charge is 0.356 e. The Labute approximate surface area is 122 Å². The lowest BCUT2D eigenvalue weighted by Gasteiger charge is -2.07. The van der Waals surface area contributed by atoms with E-state index in [9.17, 15) is 9.59 Å². The molecular formula is C13H16Cl2N2O2. The molecule has 0 heterocycles. The van der Waals surface area contributed by atoms with Crippen LogP contribution in [0.15, 0.2) is 24.3 Å². The van der Waals surface area contributed by atoms with Gasteiger partial charge in [0.25, 0.3) is 5.91 Å². The zero-order valence-corrected chi connectivity index (χ0v) is 11.9. The van der Waals surface area contributed by atoms with Crippen LogP contribution in [0.5, 0.6) is 0 Å². The summed E-state index contributed by atoms with van der Waals surface area (Å²) in [6.45, 7) is 0.831. The van der Waals surface area contributed by atoms with E-state index in [0.717, 1.165) is 6.42 Å². The summed E-state index contributed by atoms with van der Waals surface area (Å²) in [6.07, 6.45) is 0.970. The van der Waals surface area contributed by atoms with Crippen LogP contribution in [0.2, 0.25) is 5.02 Å². The molecule has 0 fully saturated rings. The zero-order chi connectivity index (χ0) is 14.1. The quantitative estimate of drug-likeness (QED) is 0.599. The number of benzene rings is 1. The van der Waals surface area contributed by atoms with Crippen LogP contribution in [0, 0.1) is 0 Å². The highest BCUT2D eigenvalue weighted by atomic mass is 35.5. The third-order valence-corrected chi connectivity index (χ3v) is 2.99. The van der Waals surface area contributed by atoms with Crippen molar-refractivity contribution in [3.8, 4) is 0 Å². The second-order valence-electron chi connectivity index (χ2n) is 3.88. The van der Waals surface area contributed by atoms with Crippen molar-refractivity contribution in [2.45, 2.75) is 12.8 Å². The van der Waals surface area contributed by atoms with Gasteiger partial charge < -0.3 is 10.6 Å². The molecule has 6 heteroatoms. The van der Waals surface area contributed by atoms with Crippen LogP contribution in [0.3, 0.4) is 0 Å². The van der Waals surface area contributed by atoms with E-state index in [1.807, 2.05) is 0 Å². The number of carbonyl (C=O) groups is 2. The van der Waals surface area contributed by atoms with Crippen molar-refractivity contribution >= 4 is 35.0 Å². The fraction of sp³-hybridized carbons (Fsp3) is 0.385. The smallest absolute Gasteiger partial charge is 0.252 e. The number of halogens is 2. The van der Waals surface area contributed by atoms with Gasteiger partial charge >= 0.3 is 0 Å². The van der Waals surface area contributed by atoms with Crippen LogP contribution in [0.25, 0.3) is 0 Å². The van der Waals surface area contributed by atoms with Gasteiger partial charge in [0.15, 0.2) is 0 Å². The molecule has 0 aliphatic heterocycles. The maximum absolute atomic E-state index is 11.8. The van der Waals surface area contributed by atoms with Crippen LogP contribution in [-0.4, -0.2) is 30.8 Å². The lowest BCUT2D eigenvalue weighted by molar-refractivity contribution is -0.120. The standard InChI is InChI=1S/C13H16Cl2N2O2/c14-7-3-8-16-12(18)6-9-17-13(19)10-4-1-2-5-11(10)15/h1-2,4-5H,3,6-9H2,(H,16,18)(H,17,19). The van der Waals surface area contributed by atoms with Crippen molar-refractivity contribution in [2.24, 2.45) is 0 Å². The van der Waals surface area contributed by atoms with E-state index in [1.54, 1.807) is 24.3 Å². The van der Waals surface area contributed by atoms with Gasteiger partial charge in [-0.05, 0) is 18.6 Å². The number of rotatable bonds is 7. The van der Waals surface area contributed by atoms with Gasteiger partial charge in [0, 0.05) is 25.4 Å². The van der Waals surface area contributed by atoms with Crippen LogP contribution in [-0.2, 0) is 4.79 Å². The van der Waals surface area contributed by atoms with Gasteiger partial charge in [-0.25, -0.2) is 0 Å². The van der Waals surface area contributed by atoms with Gasteiger partial charge in [-0.2, -0.15) is 0 Å². The minimum Gasteiger partial charge on any atom is -0.356 e. The summed E-state index contributed by atoms with van der Waals surface area (Å²) in [7, 11) is 0. The van der Waals surface area contributed by atoms with Crippen molar-refractivity contribution in [3.63, 3.8) is 0 Å². The lowest BCUT2D eigenvalue weighted by Crippen LogP contribution is -2.31. The van der Waals surface area contributed by atoms with E-state index in [1.165, 1.54) is 0 Å². The second-order valence-corrected chi connectivity index (χ2v) is 4.66. The van der Waals surface area contributed by atoms with E-state index < -0.39 is 0 Å². The second kappa shape index (κ2) is 8.77. The third-order valence-electron chi connectivity index (χ3n) is 2.39. The summed E-state index contributed by atoms with van der Waals surface area (Å²) < 4.78 is 0. The van der Waals surface area contributed by atoms with Crippen molar-refractivity contribution in [3.05, 3.63) is 34.9 Å². The van der Waals surface area contributed by atoms with Crippen LogP contribution < -0.4 is 10.6 Å². The molecule has 104 valence electrons. The summed E-state index contributed by atoms with van der Waals surface area (Å²) in [4.78, 5) is 23.1. The molecule has 0 spiro atoms. The Hall–Kier alpha value is -1.26. The third kappa shape index (κ3) is 5.94. The minimum absolute atomic E-state index is 0.107. The van der Waals surface area contributed by atoms with E-state index >= 15 is 0 Å². The molecule has 0 radical (unpaired) electrons. The van der Waals surface area contributed by atoms with Crippen molar-refractivity contribution in [1.29, 1.82) is 0 Å². The van der Waals surface area contributed by atoms with E-state index in [4.69, 9.17) is 23.2 Å². The van der Waals surface area contributed by atoms with Crippen molar-refractivity contribution in [2.75, 3.05) is 19.0 Å². The first-order valence-corrected chi connectivity index (χ1v) is 6.91. The fourth-order valence-electron chi connectivity index (χ4n) is 1.41. The molecule has 1 aromatic carbocycles. The van der Waals surface area contributed by atoms with Crippen LogP contribution >= 0.6 is 23.2 Å². The van der Waals surface area contributed by atoms with Gasteiger partial charge in [-0.1, -0.05) is 23.7 Å². The highest BCUT2D eigenvalue weighted by molar-refractivity contribution is 6.33. The number of hydrogen-bond donors (Lipinski definition) is 2. The molecular weight excluding hydrogens is 287 g/mol. The number of hydrogen-bond acceptors (Lipinski definition) is 2. The fourth-order valence-corrected chi connectivity index (χ4v) is 1.77. The number of nitrogens with one attached hydrogen (secondary N) is 2. The topological polar surface area (TPSA) is 58.2 Å². The normalized spacial score (nSPS) is 10.0. The summed E-state index contributed by atoms with van der Waals surface area (Å²) in [6, 6.07) is 6.77. The van der Waals surface area contributed by atoms with Gasteiger partial charge in [0.1, 0.15) is 0 Å². The van der Waals surface area contributed by atoms with Gasteiger partial charge in [0.05, 0.1) is 10.6 Å². The highest BCUT2D eigenvalue weighted by Crippen LogP contribution is 2.14. The van der Waals surface area contributed by atoms with Crippen LogP contribution in [0.4, 0.5) is 0 Å². The molecule has 1 aromatic rings. The molecule has 0 bridgehead atoms. The van der Waals surface area contributed by atoms with Gasteiger partial charge in [0.2, 0.25) is 5.91 Å². The summed E-state index contributed by atoms with van der Waals surface area (Å²) in [5, 5.41) is 5.75. The molecule has 2 amide bonds. The molecule has 0 aliphatic rings. The number of carbonyl (C=O) groups excluding carboxylic acids is 2. The molecule has 0 aromatic heterocycles. The molecule has 19 heavy (non-hydrogen) atoms. The van der Waals surface area contributed by atoms with Gasteiger partial charge in [-0.15, -0.1) is 11.6 Å². The van der Waals surface area contributed by atoms with E-state index in [2.05, 4.69) is 10.6 Å². The van der Waals surface area contributed by atoms with Crippen molar-refractivity contribution in [1.82, 2.24) is 10.6 Å². The summed E-state index contributed by atoms with van der Waals surface area (Å²) in [5.41, 5.74) is 0.409. The summed E-state index contributed by atoms with van der Waals surface area (Å²) in [5.74, 6) is 0.132. The number of alkyl halides is 1. The van der Waals surface area contributed by atoms with E-state index in [0.29, 0.717) is 23.0 Å². The van der Waals surface area contributed by atoms with E-state index in [-0.39, 0.29) is 24.8 Å². The predicted molar refractivity (Wildman–Crippen MR) is 76.7 cm³/mol. The molecule has 1 rings (SSSR count). The molecule has 0 saturated heterocycles. The Morgan fingerprint density at radius 3 is 2.53 bits per heavy atom. The SMILES string of the molecule is O=C(CCNC(=O)c1ccccc1Cl)NCCCCl. The highest BCUT2D eigenvalue weighted by Gasteiger charge is 2.09. The molecule has 0 atom stereocenters. The lowest BCUT2D eigenvalue weighted by atomic mass is 10.2.